The number of aromatic amines is 1. The predicted molar refractivity (Wildman–Crippen MR) is 105 cm³/mol. The number of rotatable bonds is 7. The second kappa shape index (κ2) is 8.75. The molecule has 0 radical (unpaired) electrons. The summed E-state index contributed by atoms with van der Waals surface area (Å²) in [4.78, 5) is 11.2. The van der Waals surface area contributed by atoms with Gasteiger partial charge in [0.15, 0.2) is 11.7 Å². The van der Waals surface area contributed by atoms with Crippen molar-refractivity contribution in [1.29, 1.82) is 0 Å². The van der Waals surface area contributed by atoms with E-state index in [-0.39, 0.29) is 6.04 Å². The normalized spacial score (nSPS) is 16.4. The first-order valence-electron chi connectivity index (χ1n) is 9.50. The fraction of sp³-hybridized carbons (Fsp3) is 0.421. The number of nitrogens with zero attached hydrogens (tertiary/aromatic N) is 4. The Balaban J connectivity index is 1.33. The largest absolute Gasteiger partial charge is 0.468 e. The van der Waals surface area contributed by atoms with Crippen molar-refractivity contribution < 1.29 is 8.83 Å². The fourth-order valence-corrected chi connectivity index (χ4v) is 3.42. The summed E-state index contributed by atoms with van der Waals surface area (Å²) < 4.78 is 11.0. The van der Waals surface area contributed by atoms with Crippen LogP contribution in [-0.2, 0) is 6.54 Å². The third-order valence-corrected chi connectivity index (χ3v) is 4.84. The van der Waals surface area contributed by atoms with Gasteiger partial charge in [-0.25, -0.2) is 4.98 Å². The van der Waals surface area contributed by atoms with Gasteiger partial charge in [-0.15, -0.1) is 5.10 Å². The Labute approximate surface area is 163 Å². The highest BCUT2D eigenvalue weighted by Gasteiger charge is 2.25. The van der Waals surface area contributed by atoms with Crippen molar-refractivity contribution in [3.8, 4) is 11.6 Å². The number of nitrogens with one attached hydrogen (secondary N) is 3. The van der Waals surface area contributed by atoms with Crippen LogP contribution in [0.4, 0.5) is 0 Å². The van der Waals surface area contributed by atoms with Crippen molar-refractivity contribution in [2.45, 2.75) is 25.4 Å². The van der Waals surface area contributed by atoms with Crippen LogP contribution in [-0.4, -0.2) is 52.7 Å². The van der Waals surface area contributed by atoms with E-state index in [2.05, 4.69) is 35.7 Å². The molecule has 1 unspecified atom stereocenters. The second-order valence-electron chi connectivity index (χ2n) is 6.66. The first-order chi connectivity index (χ1) is 13.8. The van der Waals surface area contributed by atoms with E-state index >= 15 is 0 Å². The van der Waals surface area contributed by atoms with Gasteiger partial charge in [-0.05, 0) is 50.2 Å². The molecular formula is C19H25N7O2. The Morgan fingerprint density at radius 3 is 2.75 bits per heavy atom. The van der Waals surface area contributed by atoms with Crippen LogP contribution in [0, 0.1) is 0 Å². The van der Waals surface area contributed by atoms with Gasteiger partial charge in [-0.1, -0.05) is 0 Å². The van der Waals surface area contributed by atoms with Gasteiger partial charge in [0.25, 0.3) is 0 Å². The van der Waals surface area contributed by atoms with Crippen LogP contribution < -0.4 is 10.6 Å². The average Bonchev–Trinajstić information content (AvgIpc) is 3.51. The quantitative estimate of drug-likeness (QED) is 0.424. The zero-order valence-corrected chi connectivity index (χ0v) is 15.9. The lowest BCUT2D eigenvalue weighted by molar-refractivity contribution is 0.215. The minimum Gasteiger partial charge on any atom is -0.468 e. The zero-order valence-electron chi connectivity index (χ0n) is 15.9. The Morgan fingerprint density at radius 2 is 2.04 bits per heavy atom. The molecule has 1 fully saturated rings. The number of aliphatic imine (C=N–C) groups is 1. The van der Waals surface area contributed by atoms with Gasteiger partial charge < -0.3 is 19.5 Å². The molecule has 28 heavy (non-hydrogen) atoms. The molecule has 0 aliphatic carbocycles. The van der Waals surface area contributed by atoms with Gasteiger partial charge >= 0.3 is 0 Å². The molecule has 0 bridgehead atoms. The van der Waals surface area contributed by atoms with Gasteiger partial charge in [0.2, 0.25) is 5.82 Å². The SMILES string of the molecule is CN=C(NCc1nc(-c2ccco2)n[nH]1)NCC(c1ccco1)N1CCCC1. The summed E-state index contributed by atoms with van der Waals surface area (Å²) in [6.45, 7) is 3.36. The molecule has 0 aromatic carbocycles. The summed E-state index contributed by atoms with van der Waals surface area (Å²) in [7, 11) is 1.75. The molecule has 0 saturated carbocycles. The summed E-state index contributed by atoms with van der Waals surface area (Å²) in [5, 5.41) is 13.7. The highest BCUT2D eigenvalue weighted by atomic mass is 16.3. The smallest absolute Gasteiger partial charge is 0.216 e. The Bertz CT molecular complexity index is 864. The van der Waals surface area contributed by atoms with E-state index in [0.717, 1.165) is 18.8 Å². The lowest BCUT2D eigenvalue weighted by Gasteiger charge is -2.26. The van der Waals surface area contributed by atoms with Crippen molar-refractivity contribution in [3.05, 3.63) is 48.4 Å². The predicted octanol–water partition coefficient (Wildman–Crippen LogP) is 2.16. The maximum absolute atomic E-state index is 5.67. The summed E-state index contributed by atoms with van der Waals surface area (Å²) >= 11 is 0. The Hall–Kier alpha value is -3.07. The molecule has 9 nitrogen and oxygen atoms in total. The molecular weight excluding hydrogens is 358 g/mol. The molecule has 148 valence electrons. The van der Waals surface area contributed by atoms with Gasteiger partial charge in [0, 0.05) is 13.6 Å². The monoisotopic (exact) mass is 383 g/mol. The number of aromatic nitrogens is 3. The van der Waals surface area contributed by atoms with Crippen LogP contribution in [0.25, 0.3) is 11.6 Å². The highest BCUT2D eigenvalue weighted by Crippen LogP contribution is 2.24. The minimum absolute atomic E-state index is 0.187. The van der Waals surface area contributed by atoms with E-state index in [9.17, 15) is 0 Å². The summed E-state index contributed by atoms with van der Waals surface area (Å²) in [6, 6.07) is 7.79. The molecule has 0 amide bonds. The molecule has 0 spiro atoms. The van der Waals surface area contributed by atoms with E-state index in [1.165, 1.54) is 12.8 Å². The number of likely N-dealkylation sites (tertiary alicyclic amines) is 1. The van der Waals surface area contributed by atoms with Crippen LogP contribution in [0.15, 0.2) is 50.6 Å². The molecule has 3 N–H and O–H groups in total. The standard InChI is InChI=1S/C19H25N7O2/c1-20-19(22-13-17-23-18(25-24-17)16-7-5-11-28-16)21-12-14(15-6-4-10-27-15)26-8-2-3-9-26/h4-7,10-11,14H,2-3,8-9,12-13H2,1H3,(H2,20,21,22)(H,23,24,25). The molecule has 1 saturated heterocycles. The van der Waals surface area contributed by atoms with Crippen LogP contribution in [0.2, 0.25) is 0 Å². The van der Waals surface area contributed by atoms with Gasteiger partial charge in [0.1, 0.15) is 11.6 Å². The van der Waals surface area contributed by atoms with Crippen LogP contribution >= 0.6 is 0 Å². The van der Waals surface area contributed by atoms with Crippen LogP contribution in [0.1, 0.15) is 30.5 Å². The first-order valence-corrected chi connectivity index (χ1v) is 9.50. The van der Waals surface area contributed by atoms with Crippen molar-refractivity contribution in [2.24, 2.45) is 4.99 Å². The molecule has 3 aromatic heterocycles. The third-order valence-electron chi connectivity index (χ3n) is 4.84. The lowest BCUT2D eigenvalue weighted by Crippen LogP contribution is -2.42. The first kappa shape index (κ1) is 18.3. The Morgan fingerprint density at radius 1 is 1.21 bits per heavy atom. The molecule has 4 heterocycles. The number of furan rings is 2. The lowest BCUT2D eigenvalue weighted by atomic mass is 10.2. The van der Waals surface area contributed by atoms with E-state index < -0.39 is 0 Å². The zero-order chi connectivity index (χ0) is 19.2. The van der Waals surface area contributed by atoms with Crippen LogP contribution in [0.3, 0.4) is 0 Å². The van der Waals surface area contributed by atoms with Gasteiger partial charge in [-0.2, -0.15) is 0 Å². The number of H-pyrrole nitrogens is 1. The van der Waals surface area contributed by atoms with Crippen molar-refractivity contribution in [3.63, 3.8) is 0 Å². The van der Waals surface area contributed by atoms with E-state index in [1.807, 2.05) is 24.3 Å². The maximum Gasteiger partial charge on any atom is 0.216 e. The number of hydrogen-bond acceptors (Lipinski definition) is 6. The molecule has 9 heteroatoms. The molecule has 1 aliphatic rings. The molecule has 1 atom stereocenters. The van der Waals surface area contributed by atoms with E-state index in [0.29, 0.717) is 36.5 Å². The highest BCUT2D eigenvalue weighted by molar-refractivity contribution is 5.79. The molecule has 4 rings (SSSR count). The Kier molecular flexibility index (Phi) is 5.72. The van der Waals surface area contributed by atoms with Crippen molar-refractivity contribution >= 4 is 5.96 Å². The topological polar surface area (TPSA) is 108 Å². The maximum atomic E-state index is 5.67. The summed E-state index contributed by atoms with van der Waals surface area (Å²) in [5.74, 6) is 3.56. The van der Waals surface area contributed by atoms with E-state index in [4.69, 9.17) is 8.83 Å². The molecule has 3 aromatic rings. The summed E-state index contributed by atoms with van der Waals surface area (Å²) in [6.07, 6.45) is 5.79. The van der Waals surface area contributed by atoms with Gasteiger partial charge in [0.05, 0.1) is 25.1 Å². The number of hydrogen-bond donors (Lipinski definition) is 3. The molecule has 1 aliphatic heterocycles. The summed E-state index contributed by atoms with van der Waals surface area (Å²) in [5.41, 5.74) is 0. The number of guanidine groups is 1. The van der Waals surface area contributed by atoms with Gasteiger partial charge in [-0.3, -0.25) is 15.0 Å². The van der Waals surface area contributed by atoms with Crippen molar-refractivity contribution in [2.75, 3.05) is 26.7 Å². The van der Waals surface area contributed by atoms with Crippen molar-refractivity contribution in [1.82, 2.24) is 30.7 Å². The third kappa shape index (κ3) is 4.25. The van der Waals surface area contributed by atoms with E-state index in [1.54, 1.807) is 19.6 Å². The fourth-order valence-electron chi connectivity index (χ4n) is 3.42. The van der Waals surface area contributed by atoms with Crippen LogP contribution in [0.5, 0.6) is 0 Å². The minimum atomic E-state index is 0.187. The second-order valence-corrected chi connectivity index (χ2v) is 6.66. The average molecular weight is 383 g/mol.